The Balaban J connectivity index is 1.52. The van der Waals surface area contributed by atoms with Gasteiger partial charge in [0.15, 0.2) is 6.10 Å². The number of ether oxygens (including phenoxy) is 1. The van der Waals surface area contributed by atoms with E-state index in [2.05, 4.69) is 10.3 Å². The summed E-state index contributed by atoms with van der Waals surface area (Å²) in [6.45, 7) is 0.204. The van der Waals surface area contributed by atoms with E-state index in [9.17, 15) is 9.59 Å². The van der Waals surface area contributed by atoms with Crippen LogP contribution in [0.15, 0.2) is 48.5 Å². The molecule has 6 nitrogen and oxygen atoms in total. The zero-order valence-corrected chi connectivity index (χ0v) is 15.7. The molecule has 1 aliphatic heterocycles. The minimum atomic E-state index is -0.712. The van der Waals surface area contributed by atoms with Crippen molar-refractivity contribution in [2.45, 2.75) is 18.9 Å². The van der Waals surface area contributed by atoms with Crippen LogP contribution >= 0.6 is 11.3 Å². The monoisotopic (exact) mass is 381 g/mol. The lowest BCUT2D eigenvalue weighted by molar-refractivity contribution is -0.127. The summed E-state index contributed by atoms with van der Waals surface area (Å²) in [6, 6.07) is 15.3. The van der Waals surface area contributed by atoms with Crippen LogP contribution in [0.3, 0.4) is 0 Å². The minimum absolute atomic E-state index is 0.0427. The number of fused-ring (bicyclic) bond motifs is 2. The van der Waals surface area contributed by atoms with Gasteiger partial charge in [0.1, 0.15) is 5.75 Å². The van der Waals surface area contributed by atoms with Crippen molar-refractivity contribution in [3.8, 4) is 5.75 Å². The fraction of sp³-hybridized carbons (Fsp3) is 0.250. The van der Waals surface area contributed by atoms with Gasteiger partial charge in [-0.25, -0.2) is 4.98 Å². The first kappa shape index (κ1) is 17.5. The number of nitrogens with zero attached hydrogens (tertiary/aromatic N) is 2. The molecule has 7 heteroatoms. The number of rotatable bonds is 4. The van der Waals surface area contributed by atoms with E-state index in [4.69, 9.17) is 4.74 Å². The molecule has 4 rings (SSSR count). The number of anilines is 1. The number of carbonyl (C=O) groups excluding carboxylic acids is 2. The topological polar surface area (TPSA) is 71.5 Å². The van der Waals surface area contributed by atoms with Gasteiger partial charge in [-0.05, 0) is 24.3 Å². The highest BCUT2D eigenvalue weighted by atomic mass is 32.1. The van der Waals surface area contributed by atoms with E-state index in [0.29, 0.717) is 24.3 Å². The lowest BCUT2D eigenvalue weighted by Gasteiger charge is -2.34. The Bertz CT molecular complexity index is 968. The number of hydrogen-bond donors (Lipinski definition) is 1. The molecule has 138 valence electrons. The molecule has 0 saturated carbocycles. The maximum absolute atomic E-state index is 12.9. The van der Waals surface area contributed by atoms with Gasteiger partial charge in [-0.15, -0.1) is 11.3 Å². The fourth-order valence-corrected chi connectivity index (χ4v) is 4.11. The van der Waals surface area contributed by atoms with Crippen molar-refractivity contribution in [1.82, 2.24) is 10.3 Å². The Kier molecular flexibility index (Phi) is 4.77. The van der Waals surface area contributed by atoms with Gasteiger partial charge in [0, 0.05) is 19.9 Å². The van der Waals surface area contributed by atoms with Crippen LogP contribution in [0.4, 0.5) is 5.69 Å². The van der Waals surface area contributed by atoms with Crippen LogP contribution in [0.2, 0.25) is 0 Å². The molecule has 1 aliphatic rings. The molecule has 0 spiro atoms. The number of benzene rings is 2. The summed E-state index contributed by atoms with van der Waals surface area (Å²) in [7, 11) is 1.56. The Morgan fingerprint density at radius 2 is 2.00 bits per heavy atom. The molecule has 27 heavy (non-hydrogen) atoms. The van der Waals surface area contributed by atoms with Crippen LogP contribution in [0.1, 0.15) is 11.4 Å². The van der Waals surface area contributed by atoms with Gasteiger partial charge < -0.3 is 15.0 Å². The average molecular weight is 381 g/mol. The zero-order chi connectivity index (χ0) is 18.8. The highest BCUT2D eigenvalue weighted by Crippen LogP contribution is 2.34. The third-order valence-corrected chi connectivity index (χ3v) is 5.60. The van der Waals surface area contributed by atoms with Crippen molar-refractivity contribution >= 4 is 39.1 Å². The average Bonchev–Trinajstić information content (AvgIpc) is 3.13. The lowest BCUT2D eigenvalue weighted by atomic mass is 10.1. The molecule has 1 aromatic heterocycles. The number of likely N-dealkylation sites (N-methyl/N-ethyl adjacent to an activating group) is 1. The van der Waals surface area contributed by atoms with Gasteiger partial charge in [0.25, 0.3) is 5.91 Å². The van der Waals surface area contributed by atoms with Crippen LogP contribution in [0, 0.1) is 0 Å². The van der Waals surface area contributed by atoms with Gasteiger partial charge in [0.05, 0.1) is 27.5 Å². The first-order valence-electron chi connectivity index (χ1n) is 8.78. The Labute approximate surface area is 160 Å². The molecule has 0 aliphatic carbocycles. The SMILES string of the molecule is CNC(=O)[C@@H]1CN(C(=O)CCc2nc3ccccc3s2)c2ccccc2O1. The first-order valence-corrected chi connectivity index (χ1v) is 9.59. The normalized spacial score (nSPS) is 15.9. The van der Waals surface area contributed by atoms with Crippen molar-refractivity contribution in [3.05, 3.63) is 53.5 Å². The number of aryl methyl sites for hydroxylation is 1. The summed E-state index contributed by atoms with van der Waals surface area (Å²) < 4.78 is 6.87. The molecule has 0 saturated heterocycles. The second kappa shape index (κ2) is 7.36. The highest BCUT2D eigenvalue weighted by Gasteiger charge is 2.33. The van der Waals surface area contributed by atoms with Gasteiger partial charge in [-0.2, -0.15) is 0 Å². The molecule has 0 fully saturated rings. The van der Waals surface area contributed by atoms with E-state index < -0.39 is 6.10 Å². The Morgan fingerprint density at radius 3 is 2.81 bits per heavy atom. The lowest BCUT2D eigenvalue weighted by Crippen LogP contribution is -2.50. The van der Waals surface area contributed by atoms with Crippen molar-refractivity contribution in [2.75, 3.05) is 18.5 Å². The molecular formula is C20H19N3O3S. The molecule has 0 bridgehead atoms. The van der Waals surface area contributed by atoms with Crippen LogP contribution in [-0.2, 0) is 16.0 Å². The predicted octanol–water partition coefficient (Wildman–Crippen LogP) is 2.77. The number of amides is 2. The van der Waals surface area contributed by atoms with Crippen molar-refractivity contribution in [3.63, 3.8) is 0 Å². The molecule has 2 aromatic carbocycles. The standard InChI is InChI=1S/C20H19N3O3S/c1-21-20(25)16-12-23(14-7-3-4-8-15(14)26-16)19(24)11-10-18-22-13-6-2-5-9-17(13)27-18/h2-9,16H,10-12H2,1H3,(H,21,25)/t16-/m0/s1. The second-order valence-electron chi connectivity index (χ2n) is 6.27. The van der Waals surface area contributed by atoms with E-state index in [1.165, 1.54) is 0 Å². The predicted molar refractivity (Wildman–Crippen MR) is 105 cm³/mol. The second-order valence-corrected chi connectivity index (χ2v) is 7.38. The van der Waals surface area contributed by atoms with Crippen LogP contribution in [0.25, 0.3) is 10.2 Å². The number of hydrogen-bond acceptors (Lipinski definition) is 5. The molecule has 3 aromatic rings. The van der Waals surface area contributed by atoms with E-state index in [-0.39, 0.29) is 18.4 Å². The van der Waals surface area contributed by atoms with Crippen molar-refractivity contribution in [2.24, 2.45) is 0 Å². The number of aromatic nitrogens is 1. The summed E-state index contributed by atoms with van der Waals surface area (Å²) in [4.78, 5) is 31.2. The molecule has 2 amide bonds. The van der Waals surface area contributed by atoms with E-state index in [1.807, 2.05) is 42.5 Å². The van der Waals surface area contributed by atoms with E-state index >= 15 is 0 Å². The maximum atomic E-state index is 12.9. The van der Waals surface area contributed by atoms with E-state index in [1.54, 1.807) is 29.4 Å². The molecule has 0 unspecified atom stereocenters. The Morgan fingerprint density at radius 1 is 1.22 bits per heavy atom. The summed E-state index contributed by atoms with van der Waals surface area (Å²) >= 11 is 1.61. The van der Waals surface area contributed by atoms with E-state index in [0.717, 1.165) is 15.2 Å². The molecule has 2 heterocycles. The smallest absolute Gasteiger partial charge is 0.262 e. The van der Waals surface area contributed by atoms with Crippen LogP contribution in [-0.4, -0.2) is 36.5 Å². The van der Waals surface area contributed by atoms with Gasteiger partial charge in [-0.1, -0.05) is 24.3 Å². The summed E-state index contributed by atoms with van der Waals surface area (Å²) in [5.74, 6) is 0.262. The molecule has 1 atom stereocenters. The summed E-state index contributed by atoms with van der Waals surface area (Å²) in [5, 5.41) is 3.53. The molecule has 0 radical (unpaired) electrons. The molecular weight excluding hydrogens is 362 g/mol. The maximum Gasteiger partial charge on any atom is 0.262 e. The Hall–Kier alpha value is -2.93. The fourth-order valence-electron chi connectivity index (χ4n) is 3.14. The molecule has 1 N–H and O–H groups in total. The third kappa shape index (κ3) is 3.50. The van der Waals surface area contributed by atoms with Gasteiger partial charge in [0.2, 0.25) is 5.91 Å². The number of thiazole rings is 1. The van der Waals surface area contributed by atoms with Gasteiger partial charge in [-0.3, -0.25) is 9.59 Å². The van der Waals surface area contributed by atoms with Crippen molar-refractivity contribution < 1.29 is 14.3 Å². The summed E-state index contributed by atoms with van der Waals surface area (Å²) in [6.07, 6.45) is 0.188. The largest absolute Gasteiger partial charge is 0.477 e. The van der Waals surface area contributed by atoms with Crippen LogP contribution < -0.4 is 15.0 Å². The van der Waals surface area contributed by atoms with Gasteiger partial charge >= 0.3 is 0 Å². The van der Waals surface area contributed by atoms with Crippen LogP contribution in [0.5, 0.6) is 5.75 Å². The zero-order valence-electron chi connectivity index (χ0n) is 14.8. The number of carbonyl (C=O) groups is 2. The third-order valence-electron chi connectivity index (χ3n) is 4.50. The van der Waals surface area contributed by atoms with Crippen molar-refractivity contribution in [1.29, 1.82) is 0 Å². The number of para-hydroxylation sites is 3. The summed E-state index contributed by atoms with van der Waals surface area (Å²) in [5.41, 5.74) is 1.66. The first-order chi connectivity index (χ1) is 13.2. The highest BCUT2D eigenvalue weighted by molar-refractivity contribution is 7.18. The minimum Gasteiger partial charge on any atom is -0.477 e. The number of nitrogens with one attached hydrogen (secondary N) is 1. The quantitative estimate of drug-likeness (QED) is 0.754.